The Morgan fingerprint density at radius 1 is 1.05 bits per heavy atom. The zero-order chi connectivity index (χ0) is 15.5. The van der Waals surface area contributed by atoms with Gasteiger partial charge in [0.25, 0.3) is 0 Å². The largest absolute Gasteiger partial charge is 0.303 e. The maximum absolute atomic E-state index is 13.4. The molecule has 0 N–H and O–H groups in total. The van der Waals surface area contributed by atoms with E-state index in [1.165, 1.54) is 11.6 Å². The number of halogens is 2. The fourth-order valence-electron chi connectivity index (χ4n) is 3.12. The molecule has 1 saturated heterocycles. The number of carbonyl (C=O) groups excluding carboxylic acids is 1. The van der Waals surface area contributed by atoms with E-state index in [1.807, 2.05) is 30.3 Å². The normalized spacial score (nSPS) is 21.9. The van der Waals surface area contributed by atoms with Crippen molar-refractivity contribution in [2.45, 2.75) is 12.5 Å². The first kappa shape index (κ1) is 14.9. The van der Waals surface area contributed by atoms with Crippen molar-refractivity contribution in [3.8, 4) is 0 Å². The number of benzene rings is 2. The standard InChI is InChI=1S/C18H17F2NO/c19-17-7-6-14(8-18(17)20)16-11-21(10-15(16)12-22)9-13-4-2-1-3-5-13/h1-8,12,15-16H,9-11H2. The molecule has 2 atom stereocenters. The SMILES string of the molecule is O=CC1CN(Cc2ccccc2)CC1c1ccc(F)c(F)c1. The molecule has 0 spiro atoms. The van der Waals surface area contributed by atoms with E-state index in [-0.39, 0.29) is 11.8 Å². The molecule has 1 aliphatic heterocycles. The number of hydrogen-bond donors (Lipinski definition) is 0. The van der Waals surface area contributed by atoms with Crippen molar-refractivity contribution in [2.75, 3.05) is 13.1 Å². The molecule has 2 aromatic rings. The first-order valence-corrected chi connectivity index (χ1v) is 7.34. The third-order valence-corrected chi connectivity index (χ3v) is 4.24. The van der Waals surface area contributed by atoms with Gasteiger partial charge in [0, 0.05) is 31.5 Å². The quantitative estimate of drug-likeness (QED) is 0.807. The van der Waals surface area contributed by atoms with Crippen molar-refractivity contribution >= 4 is 6.29 Å². The molecule has 0 radical (unpaired) electrons. The summed E-state index contributed by atoms with van der Waals surface area (Å²) in [6.07, 6.45) is 0.928. The number of likely N-dealkylation sites (tertiary alicyclic amines) is 1. The lowest BCUT2D eigenvalue weighted by atomic mass is 9.90. The van der Waals surface area contributed by atoms with Crippen LogP contribution in [0.1, 0.15) is 17.0 Å². The van der Waals surface area contributed by atoms with Crippen molar-refractivity contribution in [3.63, 3.8) is 0 Å². The average molecular weight is 301 g/mol. The predicted molar refractivity (Wildman–Crippen MR) is 80.4 cm³/mol. The smallest absolute Gasteiger partial charge is 0.159 e. The molecule has 0 aliphatic carbocycles. The Hall–Kier alpha value is -2.07. The molecule has 1 heterocycles. The Morgan fingerprint density at radius 3 is 2.50 bits per heavy atom. The molecule has 0 saturated carbocycles. The first-order valence-electron chi connectivity index (χ1n) is 7.34. The number of hydrogen-bond acceptors (Lipinski definition) is 2. The van der Waals surface area contributed by atoms with Gasteiger partial charge in [0.1, 0.15) is 6.29 Å². The number of nitrogens with zero attached hydrogens (tertiary/aromatic N) is 1. The zero-order valence-corrected chi connectivity index (χ0v) is 12.1. The lowest BCUT2D eigenvalue weighted by molar-refractivity contribution is -0.111. The second-order valence-corrected chi connectivity index (χ2v) is 5.76. The number of rotatable bonds is 4. The minimum atomic E-state index is -0.858. The van der Waals surface area contributed by atoms with E-state index in [4.69, 9.17) is 0 Å². The van der Waals surface area contributed by atoms with Gasteiger partial charge in [0.2, 0.25) is 0 Å². The van der Waals surface area contributed by atoms with E-state index in [0.29, 0.717) is 18.7 Å². The van der Waals surface area contributed by atoms with Crippen LogP contribution in [0.4, 0.5) is 8.78 Å². The second-order valence-electron chi connectivity index (χ2n) is 5.76. The molecule has 2 unspecified atom stereocenters. The van der Waals surface area contributed by atoms with E-state index < -0.39 is 11.6 Å². The maximum Gasteiger partial charge on any atom is 0.159 e. The van der Waals surface area contributed by atoms with Crippen molar-refractivity contribution < 1.29 is 13.6 Å². The molecular weight excluding hydrogens is 284 g/mol. The minimum Gasteiger partial charge on any atom is -0.303 e. The maximum atomic E-state index is 13.4. The Bertz CT molecular complexity index is 659. The summed E-state index contributed by atoms with van der Waals surface area (Å²) in [5.74, 6) is -1.99. The molecule has 22 heavy (non-hydrogen) atoms. The van der Waals surface area contributed by atoms with E-state index in [2.05, 4.69) is 4.90 Å². The molecule has 1 aliphatic rings. The summed E-state index contributed by atoms with van der Waals surface area (Å²) in [6.45, 7) is 2.07. The molecule has 0 amide bonds. The molecule has 4 heteroatoms. The van der Waals surface area contributed by atoms with Gasteiger partial charge >= 0.3 is 0 Å². The van der Waals surface area contributed by atoms with Crippen LogP contribution >= 0.6 is 0 Å². The highest BCUT2D eigenvalue weighted by Gasteiger charge is 2.33. The summed E-state index contributed by atoms with van der Waals surface area (Å²) < 4.78 is 26.5. The van der Waals surface area contributed by atoms with Crippen molar-refractivity contribution in [1.82, 2.24) is 4.90 Å². The highest BCUT2D eigenvalue weighted by atomic mass is 19.2. The average Bonchev–Trinajstić information content (AvgIpc) is 2.94. The van der Waals surface area contributed by atoms with Crippen LogP contribution < -0.4 is 0 Å². The van der Waals surface area contributed by atoms with E-state index in [1.54, 1.807) is 6.07 Å². The highest BCUT2D eigenvalue weighted by Crippen LogP contribution is 2.33. The van der Waals surface area contributed by atoms with Gasteiger partial charge in [0.15, 0.2) is 11.6 Å². The molecule has 114 valence electrons. The predicted octanol–water partition coefficient (Wildman–Crippen LogP) is 3.38. The topological polar surface area (TPSA) is 20.3 Å². The highest BCUT2D eigenvalue weighted by molar-refractivity contribution is 5.57. The summed E-state index contributed by atoms with van der Waals surface area (Å²) in [6, 6.07) is 13.9. The van der Waals surface area contributed by atoms with Gasteiger partial charge in [-0.05, 0) is 23.3 Å². The zero-order valence-electron chi connectivity index (χ0n) is 12.1. The van der Waals surface area contributed by atoms with E-state index in [0.717, 1.165) is 18.9 Å². The van der Waals surface area contributed by atoms with E-state index in [9.17, 15) is 13.6 Å². The van der Waals surface area contributed by atoms with Gasteiger partial charge in [-0.3, -0.25) is 4.90 Å². The van der Waals surface area contributed by atoms with Gasteiger partial charge < -0.3 is 4.79 Å². The third-order valence-electron chi connectivity index (χ3n) is 4.24. The third kappa shape index (κ3) is 3.07. The molecule has 0 bridgehead atoms. The summed E-state index contributed by atoms with van der Waals surface area (Å²) in [7, 11) is 0. The van der Waals surface area contributed by atoms with Crippen LogP contribution in [0.15, 0.2) is 48.5 Å². The van der Waals surface area contributed by atoms with Gasteiger partial charge in [-0.15, -0.1) is 0 Å². The second kappa shape index (κ2) is 6.36. The van der Waals surface area contributed by atoms with Crippen LogP contribution in [0.25, 0.3) is 0 Å². The lowest BCUT2D eigenvalue weighted by Gasteiger charge is -2.16. The number of carbonyl (C=O) groups is 1. The summed E-state index contributed by atoms with van der Waals surface area (Å²) in [5.41, 5.74) is 1.87. The summed E-state index contributed by atoms with van der Waals surface area (Å²) >= 11 is 0. The molecule has 3 rings (SSSR count). The van der Waals surface area contributed by atoms with Crippen LogP contribution in [0, 0.1) is 17.6 Å². The Labute approximate surface area is 128 Å². The van der Waals surface area contributed by atoms with Gasteiger partial charge in [-0.2, -0.15) is 0 Å². The Kier molecular flexibility index (Phi) is 4.29. The van der Waals surface area contributed by atoms with Crippen molar-refractivity contribution in [2.24, 2.45) is 5.92 Å². The first-order chi connectivity index (χ1) is 10.7. The summed E-state index contributed by atoms with van der Waals surface area (Å²) in [4.78, 5) is 13.5. The van der Waals surface area contributed by atoms with Crippen LogP contribution in [0.5, 0.6) is 0 Å². The number of aldehydes is 1. The molecule has 1 fully saturated rings. The van der Waals surface area contributed by atoms with Crippen LogP contribution in [-0.4, -0.2) is 24.3 Å². The molecule has 2 nitrogen and oxygen atoms in total. The fourth-order valence-corrected chi connectivity index (χ4v) is 3.12. The van der Waals surface area contributed by atoms with Crippen molar-refractivity contribution in [3.05, 3.63) is 71.3 Å². The van der Waals surface area contributed by atoms with Gasteiger partial charge in [-0.1, -0.05) is 36.4 Å². The summed E-state index contributed by atoms with van der Waals surface area (Å²) in [5, 5.41) is 0. The fraction of sp³-hybridized carbons (Fsp3) is 0.278. The molecule has 0 aromatic heterocycles. The van der Waals surface area contributed by atoms with Gasteiger partial charge in [-0.25, -0.2) is 8.78 Å². The van der Waals surface area contributed by atoms with Crippen LogP contribution in [-0.2, 0) is 11.3 Å². The van der Waals surface area contributed by atoms with Crippen LogP contribution in [0.3, 0.4) is 0 Å². The Morgan fingerprint density at radius 2 is 1.82 bits per heavy atom. The minimum absolute atomic E-state index is 0.0867. The Balaban J connectivity index is 1.77. The lowest BCUT2D eigenvalue weighted by Crippen LogP contribution is -2.20. The van der Waals surface area contributed by atoms with E-state index >= 15 is 0 Å². The monoisotopic (exact) mass is 301 g/mol. The molecular formula is C18H17F2NO. The molecule has 2 aromatic carbocycles. The van der Waals surface area contributed by atoms with Crippen molar-refractivity contribution in [1.29, 1.82) is 0 Å². The van der Waals surface area contributed by atoms with Gasteiger partial charge in [0.05, 0.1) is 0 Å². The van der Waals surface area contributed by atoms with Crippen LogP contribution in [0.2, 0.25) is 0 Å².